The summed E-state index contributed by atoms with van der Waals surface area (Å²) in [6, 6.07) is 9.90. The largest absolute Gasteiger partial charge is 0.490 e. The lowest BCUT2D eigenvalue weighted by Gasteiger charge is -2.44. The number of halogens is 3. The summed E-state index contributed by atoms with van der Waals surface area (Å²) in [7, 11) is -3.18. The summed E-state index contributed by atoms with van der Waals surface area (Å²) in [5.74, 6) is -1.46. The summed E-state index contributed by atoms with van der Waals surface area (Å²) >= 11 is 0. The first kappa shape index (κ1) is 22.6. The van der Waals surface area contributed by atoms with Crippen molar-refractivity contribution in [3.05, 3.63) is 35.9 Å². The molecule has 0 spiro atoms. The molecule has 0 radical (unpaired) electrons. The lowest BCUT2D eigenvalue weighted by Crippen LogP contribution is -2.56. The van der Waals surface area contributed by atoms with E-state index in [1.165, 1.54) is 0 Å². The third-order valence-electron chi connectivity index (χ3n) is 4.74. The van der Waals surface area contributed by atoms with Gasteiger partial charge in [-0.1, -0.05) is 44.2 Å². The lowest BCUT2D eigenvalue weighted by molar-refractivity contribution is -0.192. The van der Waals surface area contributed by atoms with Crippen LogP contribution in [0.15, 0.2) is 30.3 Å². The molecule has 2 saturated heterocycles. The maximum absolute atomic E-state index is 12.6. The standard InChI is InChI=1S/C16H24N2O2S.C2HF3O2/c1-13(2)8-17-9-15-10-18(11-16(15)17)21(19,20)12-14-6-4-3-5-7-14;3-2(4,5)1(6)7/h3-7,13,15-16H,8-12H2,1-2H3;(H,6,7). The van der Waals surface area contributed by atoms with Crippen LogP contribution >= 0.6 is 0 Å². The van der Waals surface area contributed by atoms with Gasteiger partial charge in [-0.15, -0.1) is 0 Å². The van der Waals surface area contributed by atoms with Gasteiger partial charge in [-0.05, 0) is 11.5 Å². The molecular weight excluding hydrogens is 397 g/mol. The van der Waals surface area contributed by atoms with E-state index in [2.05, 4.69) is 18.7 Å². The highest BCUT2D eigenvalue weighted by Crippen LogP contribution is 2.34. The Morgan fingerprint density at radius 1 is 1.18 bits per heavy atom. The van der Waals surface area contributed by atoms with Crippen LogP contribution in [0.3, 0.4) is 0 Å². The van der Waals surface area contributed by atoms with Crippen LogP contribution in [0.5, 0.6) is 0 Å². The summed E-state index contributed by atoms with van der Waals surface area (Å²) in [5, 5.41) is 7.12. The molecule has 2 aliphatic rings. The molecule has 0 amide bonds. The smallest absolute Gasteiger partial charge is 0.475 e. The van der Waals surface area contributed by atoms with Crippen molar-refractivity contribution in [2.24, 2.45) is 11.8 Å². The molecule has 2 fully saturated rings. The number of aliphatic carboxylic acids is 1. The van der Waals surface area contributed by atoms with E-state index in [9.17, 15) is 21.6 Å². The number of carboxylic acid groups (broad SMARTS) is 1. The number of carboxylic acids is 1. The Labute approximate surface area is 163 Å². The van der Waals surface area contributed by atoms with E-state index in [1.54, 1.807) is 4.31 Å². The Hall–Kier alpha value is -1.65. The van der Waals surface area contributed by atoms with Gasteiger partial charge >= 0.3 is 12.1 Å². The maximum atomic E-state index is 12.6. The van der Waals surface area contributed by atoms with Crippen LogP contribution in [0.1, 0.15) is 19.4 Å². The van der Waals surface area contributed by atoms with E-state index >= 15 is 0 Å². The number of sulfonamides is 1. The van der Waals surface area contributed by atoms with E-state index in [1.807, 2.05) is 30.3 Å². The molecule has 28 heavy (non-hydrogen) atoms. The fraction of sp³-hybridized carbons (Fsp3) is 0.611. The van der Waals surface area contributed by atoms with Gasteiger partial charge in [0.25, 0.3) is 0 Å². The monoisotopic (exact) mass is 422 g/mol. The van der Waals surface area contributed by atoms with Crippen molar-refractivity contribution in [2.45, 2.75) is 31.8 Å². The summed E-state index contributed by atoms with van der Waals surface area (Å²) in [5.41, 5.74) is 0.871. The number of hydrogen-bond acceptors (Lipinski definition) is 4. The second kappa shape index (κ2) is 8.79. The van der Waals surface area contributed by atoms with Crippen LogP contribution in [-0.4, -0.2) is 67.1 Å². The maximum Gasteiger partial charge on any atom is 0.490 e. The summed E-state index contributed by atoms with van der Waals surface area (Å²) in [6.45, 7) is 7.94. The number of hydrogen-bond donors (Lipinski definition) is 1. The van der Waals surface area contributed by atoms with Crippen LogP contribution in [0.2, 0.25) is 0 Å². The fourth-order valence-corrected chi connectivity index (χ4v) is 5.08. The molecule has 0 saturated carbocycles. The van der Waals surface area contributed by atoms with Gasteiger partial charge in [-0.2, -0.15) is 17.5 Å². The molecule has 2 atom stereocenters. The summed E-state index contributed by atoms with van der Waals surface area (Å²) in [6.07, 6.45) is -5.08. The second-order valence-electron chi connectivity index (χ2n) is 7.54. The van der Waals surface area contributed by atoms with E-state index in [0.29, 0.717) is 31.0 Å². The summed E-state index contributed by atoms with van der Waals surface area (Å²) < 4.78 is 58.6. The molecule has 2 aliphatic heterocycles. The first-order valence-electron chi connectivity index (χ1n) is 8.96. The Morgan fingerprint density at radius 3 is 2.25 bits per heavy atom. The zero-order valence-electron chi connectivity index (χ0n) is 15.8. The van der Waals surface area contributed by atoms with Crippen molar-refractivity contribution in [3.8, 4) is 0 Å². The van der Waals surface area contributed by atoms with Crippen molar-refractivity contribution >= 4 is 16.0 Å². The second-order valence-corrected chi connectivity index (χ2v) is 9.51. The van der Waals surface area contributed by atoms with E-state index < -0.39 is 22.2 Å². The molecule has 0 aromatic heterocycles. The molecular formula is C18H25F3N2O4S. The van der Waals surface area contributed by atoms with E-state index in [-0.39, 0.29) is 5.75 Å². The first-order chi connectivity index (χ1) is 12.9. The zero-order valence-corrected chi connectivity index (χ0v) is 16.6. The minimum absolute atomic E-state index is 0.122. The molecule has 0 aliphatic carbocycles. The molecule has 1 N–H and O–H groups in total. The molecule has 3 rings (SSSR count). The number of alkyl halides is 3. The average molecular weight is 422 g/mol. The predicted octanol–water partition coefficient (Wildman–Crippen LogP) is 2.42. The van der Waals surface area contributed by atoms with Crippen molar-refractivity contribution in [1.82, 2.24) is 9.21 Å². The molecule has 1 aromatic rings. The number of nitrogens with zero attached hydrogens (tertiary/aromatic N) is 2. The summed E-state index contributed by atoms with van der Waals surface area (Å²) in [4.78, 5) is 11.3. The minimum Gasteiger partial charge on any atom is -0.475 e. The first-order valence-corrected chi connectivity index (χ1v) is 10.6. The molecule has 2 unspecified atom stereocenters. The highest BCUT2D eigenvalue weighted by atomic mass is 32.2. The van der Waals surface area contributed by atoms with Crippen molar-refractivity contribution in [3.63, 3.8) is 0 Å². The quantitative estimate of drug-likeness (QED) is 0.789. The van der Waals surface area contributed by atoms with Crippen LogP contribution < -0.4 is 0 Å². The van der Waals surface area contributed by atoms with Crippen LogP contribution in [0, 0.1) is 11.8 Å². The minimum atomic E-state index is -5.08. The number of carbonyl (C=O) groups is 1. The molecule has 0 bridgehead atoms. The van der Waals surface area contributed by atoms with Gasteiger partial charge in [0.2, 0.25) is 10.0 Å². The third kappa shape index (κ3) is 5.92. The van der Waals surface area contributed by atoms with Crippen LogP contribution in [-0.2, 0) is 20.6 Å². The number of likely N-dealkylation sites (tertiary alicyclic amines) is 1. The Bertz CT molecular complexity index is 769. The van der Waals surface area contributed by atoms with Gasteiger partial charge < -0.3 is 5.11 Å². The average Bonchev–Trinajstić information content (AvgIpc) is 2.91. The van der Waals surface area contributed by atoms with Gasteiger partial charge in [0.15, 0.2) is 0 Å². The van der Waals surface area contributed by atoms with Crippen molar-refractivity contribution < 1.29 is 31.5 Å². The topological polar surface area (TPSA) is 77.9 Å². The third-order valence-corrected chi connectivity index (χ3v) is 6.52. The van der Waals surface area contributed by atoms with Crippen molar-refractivity contribution in [1.29, 1.82) is 0 Å². The Balaban J connectivity index is 0.000000345. The number of benzene rings is 1. The Morgan fingerprint density at radius 2 is 1.75 bits per heavy atom. The molecule has 158 valence electrons. The molecule has 2 heterocycles. The molecule has 10 heteroatoms. The highest BCUT2D eigenvalue weighted by Gasteiger charge is 2.48. The lowest BCUT2D eigenvalue weighted by atomic mass is 9.91. The van der Waals surface area contributed by atoms with E-state index in [4.69, 9.17) is 9.90 Å². The van der Waals surface area contributed by atoms with Gasteiger partial charge in [0.05, 0.1) is 5.75 Å². The SMILES string of the molecule is CC(C)CN1CC2CN(S(=O)(=O)Cc3ccccc3)CC21.O=C(O)C(F)(F)F. The van der Waals surface area contributed by atoms with Gasteiger partial charge in [-0.25, -0.2) is 13.2 Å². The predicted molar refractivity (Wildman–Crippen MR) is 98.0 cm³/mol. The van der Waals surface area contributed by atoms with Crippen LogP contribution in [0.4, 0.5) is 13.2 Å². The molecule has 6 nitrogen and oxygen atoms in total. The van der Waals surface area contributed by atoms with Gasteiger partial charge in [-0.3, -0.25) is 4.90 Å². The van der Waals surface area contributed by atoms with Crippen LogP contribution in [0.25, 0.3) is 0 Å². The number of fused-ring (bicyclic) bond motifs is 1. The fourth-order valence-electron chi connectivity index (χ4n) is 3.49. The van der Waals surface area contributed by atoms with Gasteiger partial charge in [0, 0.05) is 38.1 Å². The van der Waals surface area contributed by atoms with E-state index in [0.717, 1.165) is 18.7 Å². The van der Waals surface area contributed by atoms with Gasteiger partial charge in [0.1, 0.15) is 0 Å². The highest BCUT2D eigenvalue weighted by molar-refractivity contribution is 7.88. The zero-order chi connectivity index (χ0) is 21.1. The molecule has 1 aromatic carbocycles. The van der Waals surface area contributed by atoms with Crippen molar-refractivity contribution in [2.75, 3.05) is 26.2 Å². The normalized spacial score (nSPS) is 22.9. The Kier molecular flexibility index (Phi) is 7.11. The number of rotatable bonds is 5.